The van der Waals surface area contributed by atoms with Gasteiger partial charge in [-0.05, 0) is 31.7 Å². The summed E-state index contributed by atoms with van der Waals surface area (Å²) in [6.45, 7) is 5.53. The number of aromatic nitrogens is 1. The molecule has 1 aliphatic rings. The van der Waals surface area contributed by atoms with Crippen LogP contribution in [0.4, 0.5) is 0 Å². The van der Waals surface area contributed by atoms with E-state index in [4.69, 9.17) is 0 Å². The van der Waals surface area contributed by atoms with Gasteiger partial charge in [0.15, 0.2) is 0 Å². The van der Waals surface area contributed by atoms with Gasteiger partial charge in [-0.15, -0.1) is 0 Å². The fourth-order valence-electron chi connectivity index (χ4n) is 2.61. The van der Waals surface area contributed by atoms with E-state index in [2.05, 4.69) is 32.9 Å². The first-order valence-electron chi connectivity index (χ1n) is 6.82. The first kappa shape index (κ1) is 13.6. The highest BCUT2D eigenvalue weighted by atomic mass is 79.9. The quantitative estimate of drug-likeness (QED) is 0.870. The van der Waals surface area contributed by atoms with E-state index in [1.54, 1.807) is 0 Å². The van der Waals surface area contributed by atoms with Crippen molar-refractivity contribution in [2.24, 2.45) is 0 Å². The molecule has 1 amide bonds. The van der Waals surface area contributed by atoms with Crippen LogP contribution in [0.1, 0.15) is 16.1 Å². The van der Waals surface area contributed by atoms with Crippen LogP contribution >= 0.6 is 15.9 Å². The van der Waals surface area contributed by atoms with Crippen molar-refractivity contribution in [1.82, 2.24) is 14.8 Å². The molecule has 0 radical (unpaired) electrons. The van der Waals surface area contributed by atoms with Gasteiger partial charge in [-0.25, -0.2) is 0 Å². The molecule has 1 saturated heterocycles. The molecule has 4 nitrogen and oxygen atoms in total. The smallest absolute Gasteiger partial charge is 0.270 e. The number of benzene rings is 1. The molecule has 1 aliphatic heterocycles. The Balaban J connectivity index is 1.90. The Morgan fingerprint density at radius 3 is 2.65 bits per heavy atom. The van der Waals surface area contributed by atoms with Gasteiger partial charge in [0, 0.05) is 36.0 Å². The van der Waals surface area contributed by atoms with Gasteiger partial charge in [-0.1, -0.05) is 22.0 Å². The lowest BCUT2D eigenvalue weighted by Gasteiger charge is -2.32. The van der Waals surface area contributed by atoms with Gasteiger partial charge in [0.2, 0.25) is 0 Å². The summed E-state index contributed by atoms with van der Waals surface area (Å²) >= 11 is 3.52. The number of aryl methyl sites for hydroxylation is 1. The molecule has 2 aromatic rings. The van der Waals surface area contributed by atoms with Crippen molar-refractivity contribution in [3.05, 3.63) is 33.9 Å². The summed E-state index contributed by atoms with van der Waals surface area (Å²) in [6, 6.07) is 6.01. The molecule has 0 unspecified atom stereocenters. The number of rotatable bonds is 1. The third kappa shape index (κ3) is 2.36. The van der Waals surface area contributed by atoms with Crippen molar-refractivity contribution >= 4 is 32.7 Å². The predicted molar refractivity (Wildman–Crippen MR) is 84.1 cm³/mol. The van der Waals surface area contributed by atoms with Gasteiger partial charge in [0.05, 0.1) is 5.52 Å². The molecule has 20 heavy (non-hydrogen) atoms. The zero-order valence-electron chi connectivity index (χ0n) is 11.7. The van der Waals surface area contributed by atoms with E-state index in [9.17, 15) is 4.79 Å². The van der Waals surface area contributed by atoms with Gasteiger partial charge in [0.1, 0.15) is 5.69 Å². The van der Waals surface area contributed by atoms with Crippen molar-refractivity contribution in [2.75, 3.05) is 33.2 Å². The molecule has 0 bridgehead atoms. The van der Waals surface area contributed by atoms with E-state index in [1.807, 2.05) is 30.0 Å². The standard InChI is InChI=1S/C15H18BrN3O/c1-10-12(16)4-3-11-9-13(17-14(10)11)15(20)19-7-5-18(2)6-8-19/h3-4,9,17H,5-8H2,1-2H3. The third-order valence-electron chi connectivity index (χ3n) is 4.01. The maximum Gasteiger partial charge on any atom is 0.270 e. The number of aromatic amines is 1. The van der Waals surface area contributed by atoms with E-state index in [1.165, 1.54) is 0 Å². The van der Waals surface area contributed by atoms with Gasteiger partial charge >= 0.3 is 0 Å². The lowest BCUT2D eigenvalue weighted by molar-refractivity contribution is 0.0659. The normalized spacial score (nSPS) is 16.9. The Hall–Kier alpha value is -1.33. The minimum Gasteiger partial charge on any atom is -0.350 e. The molecule has 3 rings (SSSR count). The molecule has 0 spiro atoms. The molecule has 0 aliphatic carbocycles. The zero-order valence-corrected chi connectivity index (χ0v) is 13.3. The predicted octanol–water partition coefficient (Wildman–Crippen LogP) is 2.63. The topological polar surface area (TPSA) is 39.3 Å². The van der Waals surface area contributed by atoms with E-state index >= 15 is 0 Å². The van der Waals surface area contributed by atoms with Crippen molar-refractivity contribution in [3.63, 3.8) is 0 Å². The van der Waals surface area contributed by atoms with E-state index in [-0.39, 0.29) is 5.91 Å². The molecule has 0 saturated carbocycles. The second kappa shape index (κ2) is 5.22. The molecule has 0 atom stereocenters. The van der Waals surface area contributed by atoms with Crippen molar-refractivity contribution in [2.45, 2.75) is 6.92 Å². The molecular formula is C15H18BrN3O. The molecule has 1 aromatic carbocycles. The van der Waals surface area contributed by atoms with Crippen LogP contribution in [-0.4, -0.2) is 53.9 Å². The van der Waals surface area contributed by atoms with Crippen LogP contribution in [-0.2, 0) is 0 Å². The van der Waals surface area contributed by atoms with Crippen LogP contribution in [0.25, 0.3) is 10.9 Å². The average molecular weight is 336 g/mol. The number of H-pyrrole nitrogens is 1. The molecule has 1 aromatic heterocycles. The van der Waals surface area contributed by atoms with Crippen LogP contribution in [0.2, 0.25) is 0 Å². The summed E-state index contributed by atoms with van der Waals surface area (Å²) in [5.74, 6) is 0.102. The highest BCUT2D eigenvalue weighted by Gasteiger charge is 2.22. The number of nitrogens with zero attached hydrogens (tertiary/aromatic N) is 2. The summed E-state index contributed by atoms with van der Waals surface area (Å²) in [5, 5.41) is 1.09. The summed E-state index contributed by atoms with van der Waals surface area (Å²) in [7, 11) is 2.09. The van der Waals surface area contributed by atoms with E-state index in [0.717, 1.165) is 47.1 Å². The SMILES string of the molecule is Cc1c(Br)ccc2cc(C(=O)N3CCN(C)CC3)[nH]c12. The number of piperazine rings is 1. The number of likely N-dealkylation sites (N-methyl/N-ethyl adjacent to an activating group) is 1. The summed E-state index contributed by atoms with van der Waals surface area (Å²) in [6.07, 6.45) is 0. The highest BCUT2D eigenvalue weighted by molar-refractivity contribution is 9.10. The Morgan fingerprint density at radius 1 is 1.25 bits per heavy atom. The summed E-state index contributed by atoms with van der Waals surface area (Å²) < 4.78 is 1.06. The van der Waals surface area contributed by atoms with Gasteiger partial charge in [0.25, 0.3) is 5.91 Å². The highest BCUT2D eigenvalue weighted by Crippen LogP contribution is 2.26. The average Bonchev–Trinajstić information content (AvgIpc) is 2.88. The maximum atomic E-state index is 12.5. The fourth-order valence-corrected chi connectivity index (χ4v) is 2.95. The molecular weight excluding hydrogens is 318 g/mol. The number of nitrogens with one attached hydrogen (secondary N) is 1. The van der Waals surface area contributed by atoms with Crippen LogP contribution in [0.5, 0.6) is 0 Å². The molecule has 2 heterocycles. The summed E-state index contributed by atoms with van der Waals surface area (Å²) in [5.41, 5.74) is 2.86. The number of amides is 1. The van der Waals surface area contributed by atoms with Gasteiger partial charge in [-0.3, -0.25) is 4.79 Å². The van der Waals surface area contributed by atoms with Crippen LogP contribution in [0.3, 0.4) is 0 Å². The Morgan fingerprint density at radius 2 is 1.95 bits per heavy atom. The summed E-state index contributed by atoms with van der Waals surface area (Å²) in [4.78, 5) is 20.0. The van der Waals surface area contributed by atoms with Gasteiger partial charge < -0.3 is 14.8 Å². The first-order valence-corrected chi connectivity index (χ1v) is 7.61. The number of hydrogen-bond acceptors (Lipinski definition) is 2. The van der Waals surface area contributed by atoms with Crippen molar-refractivity contribution < 1.29 is 4.79 Å². The van der Waals surface area contributed by atoms with Crippen LogP contribution < -0.4 is 0 Å². The maximum absolute atomic E-state index is 12.5. The van der Waals surface area contributed by atoms with Crippen molar-refractivity contribution in [3.8, 4) is 0 Å². The second-order valence-electron chi connectivity index (χ2n) is 5.42. The number of halogens is 1. The fraction of sp³-hybridized carbons (Fsp3) is 0.400. The first-order chi connectivity index (χ1) is 9.56. The van der Waals surface area contributed by atoms with Crippen LogP contribution in [0.15, 0.2) is 22.7 Å². The van der Waals surface area contributed by atoms with Crippen molar-refractivity contribution in [1.29, 1.82) is 0 Å². The van der Waals surface area contributed by atoms with E-state index < -0.39 is 0 Å². The zero-order chi connectivity index (χ0) is 14.3. The molecule has 5 heteroatoms. The number of carbonyl (C=O) groups excluding carboxylic acids is 1. The monoisotopic (exact) mass is 335 g/mol. The lowest BCUT2D eigenvalue weighted by atomic mass is 10.2. The van der Waals surface area contributed by atoms with Gasteiger partial charge in [-0.2, -0.15) is 0 Å². The molecule has 106 valence electrons. The molecule has 1 N–H and O–H groups in total. The Labute approximate surface area is 126 Å². The van der Waals surface area contributed by atoms with E-state index in [0.29, 0.717) is 5.69 Å². The Kier molecular flexibility index (Phi) is 3.56. The minimum absolute atomic E-state index is 0.102. The van der Waals surface area contributed by atoms with Crippen LogP contribution in [0, 0.1) is 6.92 Å². The third-order valence-corrected chi connectivity index (χ3v) is 4.87. The largest absolute Gasteiger partial charge is 0.350 e. The second-order valence-corrected chi connectivity index (χ2v) is 6.27. The lowest BCUT2D eigenvalue weighted by Crippen LogP contribution is -2.47. The Bertz CT molecular complexity index is 656. The number of fused-ring (bicyclic) bond motifs is 1. The molecule has 1 fully saturated rings. The minimum atomic E-state index is 0.102. The number of carbonyl (C=O) groups is 1. The number of hydrogen-bond donors (Lipinski definition) is 1.